The normalized spacial score (nSPS) is 18.1. The first-order chi connectivity index (χ1) is 17.9. The van der Waals surface area contributed by atoms with Gasteiger partial charge in [0.05, 0.1) is 35.9 Å². The van der Waals surface area contributed by atoms with E-state index < -0.39 is 17.4 Å². The van der Waals surface area contributed by atoms with Crippen LogP contribution in [0.3, 0.4) is 0 Å². The molecule has 0 saturated carbocycles. The number of hydrogen-bond donors (Lipinski definition) is 3. The maximum atomic E-state index is 13.8. The molecule has 0 radical (unpaired) electrons. The van der Waals surface area contributed by atoms with E-state index in [1.165, 1.54) is 11.8 Å². The van der Waals surface area contributed by atoms with Gasteiger partial charge in [0.2, 0.25) is 0 Å². The van der Waals surface area contributed by atoms with Gasteiger partial charge in [0.15, 0.2) is 5.60 Å². The first-order valence-corrected chi connectivity index (χ1v) is 12.2. The van der Waals surface area contributed by atoms with Crippen molar-refractivity contribution in [1.29, 1.82) is 0 Å². The van der Waals surface area contributed by atoms with Crippen LogP contribution >= 0.6 is 0 Å². The second-order valence-corrected chi connectivity index (χ2v) is 9.24. The summed E-state index contributed by atoms with van der Waals surface area (Å²) < 4.78 is 6.86. The number of hydrogen-bond acceptors (Lipinski definition) is 5. The number of nitrogens with zero attached hydrogens (tertiary/aromatic N) is 2. The maximum Gasteiger partial charge on any atom is 0.279 e. The lowest BCUT2D eigenvalue weighted by Gasteiger charge is -2.28. The van der Waals surface area contributed by atoms with Crippen molar-refractivity contribution >= 4 is 22.5 Å². The average Bonchev–Trinajstić information content (AvgIpc) is 3.37. The molecular formula is C29H29N3O5. The van der Waals surface area contributed by atoms with Crippen LogP contribution in [0.25, 0.3) is 16.6 Å². The number of carbonyl (C=O) groups is 1. The Hall–Kier alpha value is -4.14. The minimum Gasteiger partial charge on any atom is -0.497 e. The number of ether oxygens (including phenoxy) is 1. The number of aliphatic hydroxyl groups is 2. The zero-order valence-corrected chi connectivity index (χ0v) is 20.7. The molecule has 1 aromatic heterocycles. The number of para-hydroxylation sites is 1. The van der Waals surface area contributed by atoms with Gasteiger partial charge in [-0.25, -0.2) is 4.68 Å². The first-order valence-electron chi connectivity index (χ1n) is 12.2. The standard InChI is InChI=1S/C29H29N3O5/c1-19(8-5-6-15-33)29(36)24-17-22(37-2)13-14-26(24)31(28(29)35)18-20-9-7-10-21(16-20)32-27(34)23-11-3-4-12-25(23)30-32/h3-5,7-14,16-17,19,30,33,36H,6,15,18H2,1-2H3/b8-5+/t19-,29+/m0/s1. The molecule has 0 spiro atoms. The highest BCUT2D eigenvalue weighted by atomic mass is 16.5. The highest BCUT2D eigenvalue weighted by molar-refractivity contribution is 6.07. The molecule has 0 aliphatic carbocycles. The summed E-state index contributed by atoms with van der Waals surface area (Å²) in [4.78, 5) is 28.3. The number of H-pyrrole nitrogens is 1. The summed E-state index contributed by atoms with van der Waals surface area (Å²) >= 11 is 0. The summed E-state index contributed by atoms with van der Waals surface area (Å²) in [6.07, 6.45) is 3.95. The van der Waals surface area contributed by atoms with Crippen LogP contribution in [0, 0.1) is 5.92 Å². The van der Waals surface area contributed by atoms with E-state index in [-0.39, 0.29) is 18.7 Å². The van der Waals surface area contributed by atoms with E-state index in [0.717, 1.165) is 11.1 Å². The van der Waals surface area contributed by atoms with Crippen molar-refractivity contribution in [1.82, 2.24) is 9.78 Å². The van der Waals surface area contributed by atoms with Gasteiger partial charge in [-0.05, 0) is 54.4 Å². The summed E-state index contributed by atoms with van der Waals surface area (Å²) in [7, 11) is 1.54. The number of aromatic nitrogens is 2. The van der Waals surface area contributed by atoms with E-state index in [1.807, 2.05) is 42.5 Å². The maximum absolute atomic E-state index is 13.8. The fourth-order valence-electron chi connectivity index (χ4n) is 4.94. The number of benzene rings is 3. The van der Waals surface area contributed by atoms with Crippen LogP contribution in [0.1, 0.15) is 24.5 Å². The Morgan fingerprint density at radius 2 is 1.89 bits per heavy atom. The monoisotopic (exact) mass is 499 g/mol. The van der Waals surface area contributed by atoms with Crippen LogP contribution in [0.2, 0.25) is 0 Å². The molecule has 0 saturated heterocycles. The van der Waals surface area contributed by atoms with Crippen molar-refractivity contribution in [3.05, 3.63) is 100 Å². The lowest BCUT2D eigenvalue weighted by Crippen LogP contribution is -2.44. The van der Waals surface area contributed by atoms with E-state index in [4.69, 9.17) is 9.84 Å². The van der Waals surface area contributed by atoms with Crippen molar-refractivity contribution in [2.24, 2.45) is 5.92 Å². The zero-order valence-electron chi connectivity index (χ0n) is 20.7. The zero-order chi connectivity index (χ0) is 26.2. The molecule has 37 heavy (non-hydrogen) atoms. The minimum atomic E-state index is -1.79. The molecular weight excluding hydrogens is 470 g/mol. The van der Waals surface area contributed by atoms with Crippen LogP contribution in [-0.2, 0) is 16.9 Å². The lowest BCUT2D eigenvalue weighted by atomic mass is 9.83. The van der Waals surface area contributed by atoms with Crippen molar-refractivity contribution in [2.75, 3.05) is 18.6 Å². The minimum absolute atomic E-state index is 0.0120. The molecule has 1 aliphatic heterocycles. The van der Waals surface area contributed by atoms with Crippen LogP contribution in [0.4, 0.5) is 5.69 Å². The van der Waals surface area contributed by atoms with Gasteiger partial charge < -0.3 is 19.8 Å². The number of carbonyl (C=O) groups excluding carboxylic acids is 1. The smallest absolute Gasteiger partial charge is 0.279 e. The third-order valence-corrected chi connectivity index (χ3v) is 6.96. The van der Waals surface area contributed by atoms with Gasteiger partial charge >= 0.3 is 0 Å². The molecule has 8 heteroatoms. The van der Waals surface area contributed by atoms with Crippen LogP contribution in [-0.4, -0.2) is 39.6 Å². The van der Waals surface area contributed by atoms with E-state index in [2.05, 4.69) is 5.10 Å². The number of methoxy groups -OCH3 is 1. The molecule has 3 N–H and O–H groups in total. The molecule has 1 amide bonds. The molecule has 2 heterocycles. The Morgan fingerprint density at radius 3 is 2.65 bits per heavy atom. The Morgan fingerprint density at radius 1 is 1.08 bits per heavy atom. The van der Waals surface area contributed by atoms with E-state index in [9.17, 15) is 14.7 Å². The molecule has 1 aliphatic rings. The van der Waals surface area contributed by atoms with Crippen LogP contribution < -0.4 is 15.2 Å². The Labute approximate surface area is 214 Å². The van der Waals surface area contributed by atoms with Gasteiger partial charge in [0.25, 0.3) is 11.5 Å². The van der Waals surface area contributed by atoms with Gasteiger partial charge in [-0.15, -0.1) is 0 Å². The van der Waals surface area contributed by atoms with Crippen LogP contribution in [0.5, 0.6) is 5.75 Å². The Bertz CT molecular complexity index is 1550. The van der Waals surface area contributed by atoms with Gasteiger partial charge in [-0.2, -0.15) is 0 Å². The largest absolute Gasteiger partial charge is 0.497 e. The number of amides is 1. The van der Waals surface area contributed by atoms with Gasteiger partial charge in [-0.3, -0.25) is 14.7 Å². The molecule has 190 valence electrons. The first kappa shape index (κ1) is 24.5. The van der Waals surface area contributed by atoms with Crippen molar-refractivity contribution in [3.8, 4) is 11.4 Å². The topological polar surface area (TPSA) is 108 Å². The molecule has 5 rings (SSSR count). The summed E-state index contributed by atoms with van der Waals surface area (Å²) in [6.45, 7) is 1.97. The molecule has 0 bridgehead atoms. The number of anilines is 1. The van der Waals surface area contributed by atoms with E-state index in [1.54, 1.807) is 48.2 Å². The Kier molecular flexibility index (Phi) is 6.45. The van der Waals surface area contributed by atoms with Gasteiger partial charge in [0.1, 0.15) is 5.75 Å². The third-order valence-electron chi connectivity index (χ3n) is 6.96. The Balaban J connectivity index is 1.52. The number of nitrogens with one attached hydrogen (secondary N) is 1. The lowest BCUT2D eigenvalue weighted by molar-refractivity contribution is -0.139. The average molecular weight is 500 g/mol. The molecule has 0 fully saturated rings. The second-order valence-electron chi connectivity index (χ2n) is 9.24. The fraction of sp³-hybridized carbons (Fsp3) is 0.241. The summed E-state index contributed by atoms with van der Waals surface area (Å²) in [6, 6.07) is 20.0. The molecule has 2 atom stereocenters. The highest BCUT2D eigenvalue weighted by Crippen LogP contribution is 2.47. The van der Waals surface area contributed by atoms with Crippen molar-refractivity contribution in [3.63, 3.8) is 0 Å². The highest BCUT2D eigenvalue weighted by Gasteiger charge is 2.52. The van der Waals surface area contributed by atoms with Gasteiger partial charge in [-0.1, -0.05) is 43.3 Å². The van der Waals surface area contributed by atoms with E-state index >= 15 is 0 Å². The molecule has 8 nitrogen and oxygen atoms in total. The van der Waals surface area contributed by atoms with Gasteiger partial charge in [0, 0.05) is 18.1 Å². The quantitative estimate of drug-likeness (QED) is 0.321. The summed E-state index contributed by atoms with van der Waals surface area (Å²) in [5.41, 5.74) is 1.32. The number of fused-ring (bicyclic) bond motifs is 2. The summed E-state index contributed by atoms with van der Waals surface area (Å²) in [5, 5.41) is 24.6. The predicted octanol–water partition coefficient (Wildman–Crippen LogP) is 3.64. The predicted molar refractivity (Wildman–Crippen MR) is 142 cm³/mol. The number of aliphatic hydroxyl groups excluding tert-OH is 1. The molecule has 0 unspecified atom stereocenters. The molecule has 3 aromatic carbocycles. The molecule has 4 aromatic rings. The second kappa shape index (κ2) is 9.72. The van der Waals surface area contributed by atoms with Crippen molar-refractivity contribution < 1.29 is 19.7 Å². The number of rotatable bonds is 8. The van der Waals surface area contributed by atoms with Crippen LogP contribution in [0.15, 0.2) is 83.7 Å². The SMILES string of the molecule is COc1ccc2c(c1)[C@](O)([C@@H](C)/C=C/CCO)C(=O)N2Cc1cccc(-n2[nH]c3ccccc3c2=O)c1. The summed E-state index contributed by atoms with van der Waals surface area (Å²) in [5.74, 6) is -0.442. The third kappa shape index (κ3) is 4.14. The number of aromatic amines is 1. The van der Waals surface area contributed by atoms with Crippen molar-refractivity contribution in [2.45, 2.75) is 25.5 Å². The fourth-order valence-corrected chi connectivity index (χ4v) is 4.94. The van der Waals surface area contributed by atoms with E-state index in [0.29, 0.717) is 34.5 Å².